The fourth-order valence-electron chi connectivity index (χ4n) is 2.99. The van der Waals surface area contributed by atoms with Crippen LogP contribution in [-0.2, 0) is 10.5 Å². The van der Waals surface area contributed by atoms with Gasteiger partial charge < -0.3 is 4.74 Å². The van der Waals surface area contributed by atoms with Gasteiger partial charge in [0.1, 0.15) is 12.1 Å². The van der Waals surface area contributed by atoms with Crippen LogP contribution < -0.4 is 5.43 Å². The summed E-state index contributed by atoms with van der Waals surface area (Å²) in [5.74, 6) is 0.400. The predicted molar refractivity (Wildman–Crippen MR) is 70.8 cm³/mol. The summed E-state index contributed by atoms with van der Waals surface area (Å²) in [6, 6.07) is 4.03. The molecular weight excluding hydrogens is 256 g/mol. The summed E-state index contributed by atoms with van der Waals surface area (Å²) in [7, 11) is 0. The number of anilines is 1. The summed E-state index contributed by atoms with van der Waals surface area (Å²) in [4.78, 5) is 4.14. The first kappa shape index (κ1) is 12.6. The van der Waals surface area contributed by atoms with Crippen LogP contribution in [0.4, 0.5) is 5.95 Å². The average molecular weight is 270 g/mol. The summed E-state index contributed by atoms with van der Waals surface area (Å²) in [6.45, 7) is 2.42. The molecule has 0 radical (unpaired) electrons. The molecule has 1 fully saturated rings. The fourth-order valence-corrected chi connectivity index (χ4v) is 2.99. The van der Waals surface area contributed by atoms with Crippen molar-refractivity contribution in [3.05, 3.63) is 11.4 Å². The number of rotatable bonds is 2. The molecule has 3 rings (SSSR count). The van der Waals surface area contributed by atoms with Crippen LogP contribution in [0.25, 0.3) is 0 Å². The van der Waals surface area contributed by atoms with Gasteiger partial charge in [-0.1, -0.05) is 0 Å². The molecule has 1 N–H and O–H groups in total. The van der Waals surface area contributed by atoms with E-state index in [-0.39, 0.29) is 11.4 Å². The number of nitriles is 2. The third-order valence-electron chi connectivity index (χ3n) is 3.75. The first-order valence-electron chi connectivity index (χ1n) is 6.67. The Bertz CT molecular complexity index is 658. The van der Waals surface area contributed by atoms with Crippen LogP contribution in [-0.4, -0.2) is 21.9 Å². The van der Waals surface area contributed by atoms with Gasteiger partial charge >= 0.3 is 0 Å². The molecule has 0 bridgehead atoms. The Kier molecular flexibility index (Phi) is 2.92. The summed E-state index contributed by atoms with van der Waals surface area (Å²) < 4.78 is 7.70. The molecule has 1 aromatic rings. The van der Waals surface area contributed by atoms with E-state index in [4.69, 9.17) is 10.00 Å². The zero-order chi connectivity index (χ0) is 14.2. The Morgan fingerprint density at radius 1 is 1.40 bits per heavy atom. The minimum absolute atomic E-state index is 0.108. The number of imidazole rings is 1. The molecule has 0 saturated heterocycles. The van der Waals surface area contributed by atoms with E-state index < -0.39 is 5.72 Å². The van der Waals surface area contributed by atoms with E-state index in [2.05, 4.69) is 21.6 Å². The molecule has 1 aliphatic carbocycles. The van der Waals surface area contributed by atoms with Crippen molar-refractivity contribution in [3.63, 3.8) is 0 Å². The van der Waals surface area contributed by atoms with Gasteiger partial charge in [0.05, 0.1) is 5.71 Å². The van der Waals surface area contributed by atoms with Crippen molar-refractivity contribution in [1.29, 1.82) is 10.5 Å². The van der Waals surface area contributed by atoms with Gasteiger partial charge in [-0.15, -0.1) is 0 Å². The third kappa shape index (κ3) is 1.54. The molecule has 1 aromatic heterocycles. The van der Waals surface area contributed by atoms with Crippen LogP contribution in [0.15, 0.2) is 5.10 Å². The molecule has 7 nitrogen and oxygen atoms in total. The number of ether oxygens (including phenoxy) is 1. The van der Waals surface area contributed by atoms with Crippen LogP contribution in [0.3, 0.4) is 0 Å². The summed E-state index contributed by atoms with van der Waals surface area (Å²) in [5.41, 5.74) is 3.28. The Hall–Kier alpha value is -2.38. The van der Waals surface area contributed by atoms with E-state index in [1.807, 2.05) is 13.0 Å². The van der Waals surface area contributed by atoms with E-state index in [1.54, 1.807) is 4.57 Å². The fraction of sp³-hybridized carbons (Fsp3) is 0.538. The van der Waals surface area contributed by atoms with Gasteiger partial charge in [-0.25, -0.2) is 5.43 Å². The van der Waals surface area contributed by atoms with E-state index in [0.29, 0.717) is 12.6 Å². The van der Waals surface area contributed by atoms with Gasteiger partial charge in [0.25, 0.3) is 0 Å². The van der Waals surface area contributed by atoms with Crippen molar-refractivity contribution in [3.8, 4) is 12.1 Å². The van der Waals surface area contributed by atoms with Gasteiger partial charge in [0.15, 0.2) is 17.1 Å². The number of hydrogen-bond acceptors (Lipinski definition) is 6. The molecule has 20 heavy (non-hydrogen) atoms. The maximum atomic E-state index is 9.38. The Balaban J connectivity index is 2.24. The van der Waals surface area contributed by atoms with Crippen LogP contribution in [0, 0.1) is 22.7 Å². The minimum atomic E-state index is -0.763. The normalized spacial score (nSPS) is 23.6. The molecule has 1 unspecified atom stereocenters. The van der Waals surface area contributed by atoms with Crippen molar-refractivity contribution >= 4 is 11.7 Å². The van der Waals surface area contributed by atoms with E-state index >= 15 is 0 Å². The second kappa shape index (κ2) is 4.62. The highest BCUT2D eigenvalue weighted by Crippen LogP contribution is 2.40. The zero-order valence-electron chi connectivity index (χ0n) is 11.2. The molecule has 102 valence electrons. The summed E-state index contributed by atoms with van der Waals surface area (Å²) in [6.07, 6.45) is 3.59. The van der Waals surface area contributed by atoms with E-state index in [1.165, 1.54) is 0 Å². The van der Waals surface area contributed by atoms with Gasteiger partial charge in [0, 0.05) is 13.0 Å². The van der Waals surface area contributed by atoms with Gasteiger partial charge in [0.2, 0.25) is 5.95 Å². The van der Waals surface area contributed by atoms with Gasteiger partial charge in [-0.2, -0.15) is 20.6 Å². The maximum absolute atomic E-state index is 9.38. The van der Waals surface area contributed by atoms with E-state index in [0.717, 1.165) is 31.4 Å². The average Bonchev–Trinajstić information content (AvgIpc) is 2.86. The molecule has 0 aromatic carbocycles. The predicted octanol–water partition coefficient (Wildman–Crippen LogP) is 1.67. The van der Waals surface area contributed by atoms with Crippen LogP contribution in [0.1, 0.15) is 44.0 Å². The maximum Gasteiger partial charge on any atom is 0.228 e. The molecule has 1 aliphatic heterocycles. The SMILES string of the molecule is CCOC12CCCCC1=NNc1nc(C#N)c(C#N)n12. The number of nitrogens with one attached hydrogen (secondary N) is 1. The Morgan fingerprint density at radius 2 is 2.25 bits per heavy atom. The Morgan fingerprint density at radius 3 is 2.95 bits per heavy atom. The van der Waals surface area contributed by atoms with Crippen molar-refractivity contribution in [1.82, 2.24) is 9.55 Å². The molecule has 2 heterocycles. The topological polar surface area (TPSA) is 99.0 Å². The lowest BCUT2D eigenvalue weighted by Gasteiger charge is -2.41. The Labute approximate surface area is 116 Å². The summed E-state index contributed by atoms with van der Waals surface area (Å²) in [5, 5.41) is 22.9. The lowest BCUT2D eigenvalue weighted by molar-refractivity contribution is -0.0592. The van der Waals surface area contributed by atoms with Crippen LogP contribution >= 0.6 is 0 Å². The highest BCUT2D eigenvalue weighted by Gasteiger charge is 2.46. The minimum Gasteiger partial charge on any atom is -0.350 e. The molecule has 1 atom stereocenters. The van der Waals surface area contributed by atoms with Crippen LogP contribution in [0.5, 0.6) is 0 Å². The molecule has 7 heteroatoms. The monoisotopic (exact) mass is 270 g/mol. The zero-order valence-corrected chi connectivity index (χ0v) is 11.2. The van der Waals surface area contributed by atoms with Gasteiger partial charge in [-0.3, -0.25) is 4.57 Å². The lowest BCUT2D eigenvalue weighted by Crippen LogP contribution is -2.50. The quantitative estimate of drug-likeness (QED) is 0.881. The standard InChI is InChI=1S/C13H14N6O/c1-2-20-13-6-4-3-5-11(13)17-18-12-16-9(7-14)10(8-15)19(12)13/h2-6H2,1H3,(H,16,18). The smallest absolute Gasteiger partial charge is 0.228 e. The number of hydrazone groups is 1. The second-order valence-corrected chi connectivity index (χ2v) is 4.79. The third-order valence-corrected chi connectivity index (χ3v) is 3.75. The van der Waals surface area contributed by atoms with Crippen molar-refractivity contribution in [2.45, 2.75) is 38.3 Å². The first-order valence-corrected chi connectivity index (χ1v) is 6.67. The summed E-state index contributed by atoms with van der Waals surface area (Å²) >= 11 is 0. The molecular formula is C13H14N6O. The van der Waals surface area contributed by atoms with Gasteiger partial charge in [-0.05, 0) is 26.2 Å². The van der Waals surface area contributed by atoms with E-state index in [9.17, 15) is 5.26 Å². The first-order chi connectivity index (χ1) is 9.76. The number of hydrogen-bond donors (Lipinski definition) is 1. The molecule has 0 spiro atoms. The second-order valence-electron chi connectivity index (χ2n) is 4.79. The van der Waals surface area contributed by atoms with Crippen molar-refractivity contribution in [2.24, 2.45) is 5.10 Å². The highest BCUT2D eigenvalue weighted by atomic mass is 16.5. The molecule has 1 saturated carbocycles. The largest absolute Gasteiger partial charge is 0.350 e. The highest BCUT2D eigenvalue weighted by molar-refractivity contribution is 5.93. The van der Waals surface area contributed by atoms with Crippen molar-refractivity contribution < 1.29 is 4.74 Å². The number of aromatic nitrogens is 2. The van der Waals surface area contributed by atoms with Crippen LogP contribution in [0.2, 0.25) is 0 Å². The molecule has 2 aliphatic rings. The number of nitrogens with zero attached hydrogens (tertiary/aromatic N) is 5. The van der Waals surface area contributed by atoms with Crippen molar-refractivity contribution in [2.75, 3.05) is 12.0 Å². The number of fused-ring (bicyclic) bond motifs is 3. The lowest BCUT2D eigenvalue weighted by atomic mass is 9.88. The molecule has 0 amide bonds.